The van der Waals surface area contributed by atoms with E-state index in [1.807, 2.05) is 43.5 Å². The van der Waals surface area contributed by atoms with Crippen molar-refractivity contribution in [2.45, 2.75) is 19.5 Å². The number of fused-ring (bicyclic) bond motifs is 3. The number of nitrogens with zero attached hydrogens (tertiary/aromatic N) is 7. The molecule has 1 atom stereocenters. The summed E-state index contributed by atoms with van der Waals surface area (Å²) in [5, 5.41) is 9.62. The van der Waals surface area contributed by atoms with Gasteiger partial charge in [-0.3, -0.25) is 9.47 Å². The van der Waals surface area contributed by atoms with Gasteiger partial charge in [0, 0.05) is 48.4 Å². The van der Waals surface area contributed by atoms with E-state index in [1.165, 1.54) is 7.11 Å². The summed E-state index contributed by atoms with van der Waals surface area (Å²) in [4.78, 5) is 23.2. The lowest BCUT2D eigenvalue weighted by molar-refractivity contribution is 0.104. The van der Waals surface area contributed by atoms with Crippen molar-refractivity contribution in [2.24, 2.45) is 5.41 Å². The van der Waals surface area contributed by atoms with Crippen molar-refractivity contribution >= 4 is 29.5 Å². The molecule has 1 amide bonds. The van der Waals surface area contributed by atoms with E-state index in [0.717, 1.165) is 49.2 Å². The Morgan fingerprint density at radius 3 is 2.64 bits per heavy atom. The number of halogens is 1. The Kier molecular flexibility index (Phi) is 4.52. The Morgan fingerprint density at radius 2 is 1.91 bits per heavy atom. The molecule has 3 aliphatic rings. The average Bonchev–Trinajstić information content (AvgIpc) is 3.13. The number of pyridine rings is 1. The van der Waals surface area contributed by atoms with Gasteiger partial charge >= 0.3 is 6.09 Å². The van der Waals surface area contributed by atoms with Crippen LogP contribution in [0.5, 0.6) is 0 Å². The molecule has 3 aromatic rings. The second-order valence-electron chi connectivity index (χ2n) is 9.13. The number of carbonyl (C=O) groups is 1. The van der Waals surface area contributed by atoms with Gasteiger partial charge in [0.2, 0.25) is 5.95 Å². The van der Waals surface area contributed by atoms with Gasteiger partial charge in [0.1, 0.15) is 5.82 Å². The molecule has 0 bridgehead atoms. The Hall–Kier alpha value is -3.33. The number of rotatable bonds is 2. The van der Waals surface area contributed by atoms with Crippen molar-refractivity contribution < 1.29 is 9.53 Å². The van der Waals surface area contributed by atoms with Crippen LogP contribution in [-0.2, 0) is 11.3 Å². The lowest BCUT2D eigenvalue weighted by Gasteiger charge is -2.60. The standard InChI is InChI=1S/C23H24ClN7O2/c1-15-17-9-16(24)6-7-18(17)31-20(10-30(15)22(32)33-2)26-27-21(31)29-13-23(14-29)11-28(12-23)19-5-3-4-8-25-19/h3-9,15H,10-14H2,1-2H3. The normalized spacial score (nSPS) is 20.5. The first-order chi connectivity index (χ1) is 16.0. The highest BCUT2D eigenvalue weighted by Gasteiger charge is 2.53. The first-order valence-electron chi connectivity index (χ1n) is 11.0. The molecule has 0 aliphatic carbocycles. The molecule has 0 radical (unpaired) electrons. The zero-order valence-electron chi connectivity index (χ0n) is 18.5. The fourth-order valence-corrected chi connectivity index (χ4v) is 5.47. The van der Waals surface area contributed by atoms with Gasteiger partial charge in [0.15, 0.2) is 5.82 Å². The number of carbonyl (C=O) groups excluding carboxylic acids is 1. The molecule has 3 aliphatic heterocycles. The second-order valence-corrected chi connectivity index (χ2v) is 9.57. The summed E-state index contributed by atoms with van der Waals surface area (Å²) in [5.41, 5.74) is 2.13. The van der Waals surface area contributed by atoms with Gasteiger partial charge in [0.05, 0.1) is 25.4 Å². The van der Waals surface area contributed by atoms with E-state index in [1.54, 1.807) is 4.90 Å². The molecule has 10 heteroatoms. The molecule has 2 aromatic heterocycles. The number of methoxy groups -OCH3 is 1. The maximum absolute atomic E-state index is 12.5. The van der Waals surface area contributed by atoms with Crippen LogP contribution in [0.2, 0.25) is 5.02 Å². The van der Waals surface area contributed by atoms with E-state index < -0.39 is 6.09 Å². The Labute approximate surface area is 196 Å². The molecule has 2 fully saturated rings. The van der Waals surface area contributed by atoms with Crippen molar-refractivity contribution in [3.05, 3.63) is 59.0 Å². The van der Waals surface area contributed by atoms with E-state index in [2.05, 4.69) is 35.6 Å². The molecular weight excluding hydrogens is 442 g/mol. The highest BCUT2D eigenvalue weighted by atomic mass is 35.5. The van der Waals surface area contributed by atoms with Gasteiger partial charge in [0.25, 0.3) is 0 Å². The molecule has 0 N–H and O–H groups in total. The third-order valence-corrected chi connectivity index (χ3v) is 7.18. The summed E-state index contributed by atoms with van der Waals surface area (Å²) < 4.78 is 7.10. The van der Waals surface area contributed by atoms with Gasteiger partial charge in [-0.25, -0.2) is 9.78 Å². The Morgan fingerprint density at radius 1 is 1.12 bits per heavy atom. The van der Waals surface area contributed by atoms with Crippen molar-refractivity contribution in [3.63, 3.8) is 0 Å². The molecular formula is C23H24ClN7O2. The van der Waals surface area contributed by atoms with Crippen molar-refractivity contribution in [1.29, 1.82) is 0 Å². The second kappa shape index (κ2) is 7.34. The lowest BCUT2D eigenvalue weighted by atomic mass is 9.73. The molecule has 0 saturated carbocycles. The third-order valence-electron chi connectivity index (χ3n) is 6.94. The summed E-state index contributed by atoms with van der Waals surface area (Å²) in [6.45, 7) is 6.08. The van der Waals surface area contributed by atoms with Gasteiger partial charge in [-0.15, -0.1) is 10.2 Å². The minimum absolute atomic E-state index is 0.220. The first kappa shape index (κ1) is 20.3. The highest BCUT2D eigenvalue weighted by Crippen LogP contribution is 2.44. The van der Waals surface area contributed by atoms with Gasteiger partial charge in [-0.2, -0.15) is 0 Å². The predicted octanol–water partition coefficient (Wildman–Crippen LogP) is 3.29. The van der Waals surface area contributed by atoms with Crippen LogP contribution in [0.1, 0.15) is 24.4 Å². The molecule has 1 unspecified atom stereocenters. The largest absolute Gasteiger partial charge is 0.453 e. The van der Waals surface area contributed by atoms with Crippen LogP contribution in [0, 0.1) is 5.41 Å². The van der Waals surface area contributed by atoms with Gasteiger partial charge in [-0.05, 0) is 37.3 Å². The quantitative estimate of drug-likeness (QED) is 0.574. The number of hydrogen-bond acceptors (Lipinski definition) is 7. The number of ether oxygens (including phenoxy) is 1. The van der Waals surface area contributed by atoms with Crippen LogP contribution in [0.25, 0.3) is 5.69 Å². The minimum atomic E-state index is -0.404. The summed E-state index contributed by atoms with van der Waals surface area (Å²) >= 11 is 6.33. The van der Waals surface area contributed by atoms with Gasteiger partial charge in [-0.1, -0.05) is 17.7 Å². The zero-order valence-corrected chi connectivity index (χ0v) is 19.2. The fourth-order valence-electron chi connectivity index (χ4n) is 5.29. The minimum Gasteiger partial charge on any atom is -0.453 e. The number of anilines is 2. The van der Waals surface area contributed by atoms with Crippen LogP contribution in [0.4, 0.5) is 16.6 Å². The van der Waals surface area contributed by atoms with Crippen LogP contribution < -0.4 is 9.80 Å². The number of hydrogen-bond donors (Lipinski definition) is 0. The van der Waals surface area contributed by atoms with Crippen molar-refractivity contribution in [1.82, 2.24) is 24.6 Å². The monoisotopic (exact) mass is 465 g/mol. The number of benzene rings is 1. The van der Waals surface area contributed by atoms with Crippen LogP contribution in [0.15, 0.2) is 42.6 Å². The van der Waals surface area contributed by atoms with Crippen LogP contribution >= 0.6 is 11.6 Å². The summed E-state index contributed by atoms with van der Waals surface area (Å²) in [7, 11) is 1.39. The molecule has 5 heterocycles. The third kappa shape index (κ3) is 3.13. The SMILES string of the molecule is COC(=O)N1Cc2nnc(N3CC4(CN(c5ccccn5)C4)C3)n2-c2ccc(Cl)cc2C1C. The van der Waals surface area contributed by atoms with Crippen LogP contribution in [0.3, 0.4) is 0 Å². The molecule has 6 rings (SSSR count). The summed E-state index contributed by atoms with van der Waals surface area (Å²) in [5.74, 6) is 2.53. The van der Waals surface area contributed by atoms with Crippen molar-refractivity contribution in [2.75, 3.05) is 43.1 Å². The van der Waals surface area contributed by atoms with Crippen molar-refractivity contribution in [3.8, 4) is 5.69 Å². The van der Waals surface area contributed by atoms with E-state index in [4.69, 9.17) is 16.3 Å². The molecule has 9 nitrogen and oxygen atoms in total. The molecule has 1 spiro atoms. The van der Waals surface area contributed by atoms with E-state index in [0.29, 0.717) is 17.4 Å². The maximum atomic E-state index is 12.5. The van der Waals surface area contributed by atoms with E-state index in [9.17, 15) is 4.79 Å². The Bertz CT molecular complexity index is 1220. The Balaban J connectivity index is 1.29. The summed E-state index contributed by atoms with van der Waals surface area (Å²) in [6, 6.07) is 11.5. The molecule has 33 heavy (non-hydrogen) atoms. The number of amides is 1. The van der Waals surface area contributed by atoms with E-state index >= 15 is 0 Å². The highest BCUT2D eigenvalue weighted by molar-refractivity contribution is 6.30. The first-order valence-corrected chi connectivity index (χ1v) is 11.4. The topological polar surface area (TPSA) is 79.6 Å². The van der Waals surface area contributed by atoms with Crippen LogP contribution in [-0.4, -0.2) is 64.0 Å². The van der Waals surface area contributed by atoms with Gasteiger partial charge < -0.3 is 14.5 Å². The molecule has 1 aromatic carbocycles. The predicted molar refractivity (Wildman–Crippen MR) is 124 cm³/mol. The molecule has 2 saturated heterocycles. The maximum Gasteiger partial charge on any atom is 0.410 e. The molecule has 170 valence electrons. The fraction of sp³-hybridized carbons (Fsp3) is 0.391. The zero-order chi connectivity index (χ0) is 22.7. The average molecular weight is 466 g/mol. The smallest absolute Gasteiger partial charge is 0.410 e. The lowest BCUT2D eigenvalue weighted by Crippen LogP contribution is -2.73. The number of aromatic nitrogens is 4. The van der Waals surface area contributed by atoms with E-state index in [-0.39, 0.29) is 11.5 Å². The summed E-state index contributed by atoms with van der Waals surface area (Å²) in [6.07, 6.45) is 1.43.